The molecule has 0 atom stereocenters. The van der Waals surface area contributed by atoms with Gasteiger partial charge in [0.2, 0.25) is 15.9 Å². The van der Waals surface area contributed by atoms with Crippen molar-refractivity contribution in [3.05, 3.63) is 6.20 Å². The molecule has 0 aliphatic heterocycles. The maximum Gasteiger partial charge on any atom is 0.246 e. The predicted octanol–water partition coefficient (Wildman–Crippen LogP) is -0.192. The lowest BCUT2D eigenvalue weighted by atomic mass is 10.0. The Morgan fingerprint density at radius 3 is 2.60 bits per heavy atom. The van der Waals surface area contributed by atoms with E-state index in [4.69, 9.17) is 11.5 Å². The Kier molecular flexibility index (Phi) is 4.77. The van der Waals surface area contributed by atoms with Gasteiger partial charge >= 0.3 is 0 Å². The van der Waals surface area contributed by atoms with E-state index in [1.165, 1.54) is 10.9 Å². The second kappa shape index (κ2) is 5.80. The first-order chi connectivity index (χ1) is 9.07. The molecule has 1 heterocycles. The Hall–Kier alpha value is -1.61. The van der Waals surface area contributed by atoms with Crippen LogP contribution in [0.4, 0.5) is 5.82 Å². The Morgan fingerprint density at radius 1 is 1.50 bits per heavy atom. The van der Waals surface area contributed by atoms with Crippen LogP contribution in [0.1, 0.15) is 33.6 Å². The first-order valence-electron chi connectivity index (χ1n) is 6.22. The minimum atomic E-state index is -3.86. The number of sulfonamides is 1. The summed E-state index contributed by atoms with van der Waals surface area (Å²) >= 11 is 0. The third-order valence-corrected chi connectivity index (χ3v) is 4.24. The Bertz CT molecular complexity index is 591. The fourth-order valence-corrected chi connectivity index (χ4v) is 3.35. The summed E-state index contributed by atoms with van der Waals surface area (Å²) in [5.74, 6) is -0.659. The standard InChI is InChI=1S/C11H21N5O3S/c1-4-5-16-7-8(10(13)14-16)20(18,19)15-11(2,3)6-9(12)17/h7,15H,4-6H2,1-3H3,(H2,12,17)(H2,13,14). The van der Waals surface area contributed by atoms with Gasteiger partial charge in [-0.05, 0) is 20.3 Å². The number of hydrogen-bond acceptors (Lipinski definition) is 5. The molecule has 1 aromatic rings. The van der Waals surface area contributed by atoms with Crippen molar-refractivity contribution in [3.63, 3.8) is 0 Å². The van der Waals surface area contributed by atoms with Crippen LogP contribution in [0.25, 0.3) is 0 Å². The molecule has 1 aromatic heterocycles. The number of nitrogen functional groups attached to an aromatic ring is 1. The van der Waals surface area contributed by atoms with Gasteiger partial charge in [0.1, 0.15) is 4.90 Å². The average Bonchev–Trinajstić information content (AvgIpc) is 2.56. The first kappa shape index (κ1) is 16.4. The maximum atomic E-state index is 12.3. The lowest BCUT2D eigenvalue weighted by Gasteiger charge is -2.23. The van der Waals surface area contributed by atoms with E-state index >= 15 is 0 Å². The second-order valence-corrected chi connectivity index (χ2v) is 6.92. The molecule has 114 valence electrons. The van der Waals surface area contributed by atoms with E-state index in [-0.39, 0.29) is 17.1 Å². The van der Waals surface area contributed by atoms with Gasteiger partial charge in [-0.2, -0.15) is 5.10 Å². The highest BCUT2D eigenvalue weighted by Crippen LogP contribution is 2.20. The second-order valence-electron chi connectivity index (χ2n) is 5.27. The molecule has 5 N–H and O–H groups in total. The fourth-order valence-electron chi connectivity index (χ4n) is 1.86. The molecule has 0 spiro atoms. The molecule has 0 aliphatic carbocycles. The van der Waals surface area contributed by atoms with E-state index in [2.05, 4.69) is 9.82 Å². The number of aromatic nitrogens is 2. The van der Waals surface area contributed by atoms with Gasteiger partial charge in [-0.25, -0.2) is 13.1 Å². The average molecular weight is 303 g/mol. The van der Waals surface area contributed by atoms with Crippen molar-refractivity contribution >= 4 is 21.7 Å². The summed E-state index contributed by atoms with van der Waals surface area (Å²) in [6.07, 6.45) is 2.07. The smallest absolute Gasteiger partial charge is 0.246 e. The van der Waals surface area contributed by atoms with Gasteiger partial charge in [0.15, 0.2) is 5.82 Å². The minimum Gasteiger partial charge on any atom is -0.381 e. The van der Waals surface area contributed by atoms with Gasteiger partial charge in [-0.1, -0.05) is 6.92 Å². The Labute approximate surface area is 118 Å². The number of nitrogens with zero attached hydrogens (tertiary/aromatic N) is 2. The van der Waals surface area contributed by atoms with E-state index in [9.17, 15) is 13.2 Å². The third-order valence-electron chi connectivity index (χ3n) is 2.52. The van der Waals surface area contributed by atoms with Crippen LogP contribution in [0.3, 0.4) is 0 Å². The molecular formula is C11H21N5O3S. The molecule has 1 rings (SSSR count). The van der Waals surface area contributed by atoms with Crippen molar-refractivity contribution in [1.82, 2.24) is 14.5 Å². The van der Waals surface area contributed by atoms with Crippen LogP contribution >= 0.6 is 0 Å². The molecule has 0 saturated carbocycles. The van der Waals surface area contributed by atoms with E-state index in [0.29, 0.717) is 6.54 Å². The zero-order chi connectivity index (χ0) is 15.6. The van der Waals surface area contributed by atoms with Gasteiger partial charge in [0.05, 0.1) is 0 Å². The number of anilines is 1. The summed E-state index contributed by atoms with van der Waals surface area (Å²) in [5, 5.41) is 3.94. The molecule has 0 aliphatic rings. The largest absolute Gasteiger partial charge is 0.381 e. The highest BCUT2D eigenvalue weighted by atomic mass is 32.2. The van der Waals surface area contributed by atoms with E-state index < -0.39 is 21.5 Å². The topological polar surface area (TPSA) is 133 Å². The predicted molar refractivity (Wildman–Crippen MR) is 75.1 cm³/mol. The van der Waals surface area contributed by atoms with Crippen LogP contribution in [0.2, 0.25) is 0 Å². The quantitative estimate of drug-likeness (QED) is 0.642. The van der Waals surface area contributed by atoms with Crippen molar-refractivity contribution in [2.24, 2.45) is 5.73 Å². The Balaban J connectivity index is 3.02. The maximum absolute atomic E-state index is 12.3. The number of hydrogen-bond donors (Lipinski definition) is 3. The molecule has 0 saturated heterocycles. The molecule has 8 nitrogen and oxygen atoms in total. The summed E-state index contributed by atoms with van der Waals surface area (Å²) in [6.45, 7) is 5.66. The summed E-state index contributed by atoms with van der Waals surface area (Å²) in [6, 6.07) is 0. The van der Waals surface area contributed by atoms with Crippen molar-refractivity contribution in [1.29, 1.82) is 0 Å². The summed E-state index contributed by atoms with van der Waals surface area (Å²) in [4.78, 5) is 10.8. The number of carbonyl (C=O) groups is 1. The number of nitrogens with one attached hydrogen (secondary N) is 1. The number of amides is 1. The highest BCUT2D eigenvalue weighted by molar-refractivity contribution is 7.89. The molecule has 0 fully saturated rings. The number of carbonyl (C=O) groups excluding carboxylic acids is 1. The van der Waals surface area contributed by atoms with Crippen LogP contribution in [0.15, 0.2) is 11.1 Å². The Morgan fingerprint density at radius 2 is 2.10 bits per heavy atom. The lowest BCUT2D eigenvalue weighted by Crippen LogP contribution is -2.45. The van der Waals surface area contributed by atoms with E-state index in [1.54, 1.807) is 13.8 Å². The third kappa shape index (κ3) is 4.20. The zero-order valence-corrected chi connectivity index (χ0v) is 12.7. The molecule has 0 aromatic carbocycles. The molecular weight excluding hydrogens is 282 g/mol. The van der Waals surface area contributed by atoms with Gasteiger partial charge in [-0.15, -0.1) is 0 Å². The highest BCUT2D eigenvalue weighted by Gasteiger charge is 2.30. The molecule has 1 amide bonds. The van der Waals surface area contributed by atoms with Crippen LogP contribution in [0, 0.1) is 0 Å². The van der Waals surface area contributed by atoms with Gasteiger partial charge < -0.3 is 11.5 Å². The van der Waals surface area contributed by atoms with E-state index in [1.807, 2.05) is 6.92 Å². The minimum absolute atomic E-state index is 0.0687. The van der Waals surface area contributed by atoms with Crippen LogP contribution in [-0.4, -0.2) is 29.6 Å². The molecule has 0 bridgehead atoms. The van der Waals surface area contributed by atoms with Crippen molar-refractivity contribution < 1.29 is 13.2 Å². The van der Waals surface area contributed by atoms with Crippen molar-refractivity contribution in [3.8, 4) is 0 Å². The fraction of sp³-hybridized carbons (Fsp3) is 0.636. The van der Waals surface area contributed by atoms with Crippen molar-refractivity contribution in [2.75, 3.05) is 5.73 Å². The first-order valence-corrected chi connectivity index (χ1v) is 7.71. The van der Waals surface area contributed by atoms with Crippen molar-refractivity contribution in [2.45, 2.75) is 50.6 Å². The number of rotatable bonds is 7. The lowest BCUT2D eigenvalue weighted by molar-refractivity contribution is -0.119. The zero-order valence-electron chi connectivity index (χ0n) is 11.9. The normalized spacial score (nSPS) is 12.6. The van der Waals surface area contributed by atoms with Gasteiger partial charge in [0.25, 0.3) is 0 Å². The molecule has 0 radical (unpaired) electrons. The molecule has 20 heavy (non-hydrogen) atoms. The SMILES string of the molecule is CCCn1cc(S(=O)(=O)NC(C)(C)CC(N)=O)c(N)n1. The molecule has 0 unspecified atom stereocenters. The van der Waals surface area contributed by atoms with Gasteiger partial charge in [0, 0.05) is 24.7 Å². The van der Waals surface area contributed by atoms with Crippen LogP contribution < -0.4 is 16.2 Å². The number of aryl methyl sites for hydroxylation is 1. The number of nitrogens with two attached hydrogens (primary N) is 2. The van der Waals surface area contributed by atoms with Crippen LogP contribution in [-0.2, 0) is 21.4 Å². The summed E-state index contributed by atoms with van der Waals surface area (Å²) in [5.41, 5.74) is 9.73. The number of primary amides is 1. The summed E-state index contributed by atoms with van der Waals surface area (Å²) < 4.78 is 28.4. The van der Waals surface area contributed by atoms with E-state index in [0.717, 1.165) is 6.42 Å². The molecule has 9 heteroatoms. The van der Waals surface area contributed by atoms with Gasteiger partial charge in [-0.3, -0.25) is 9.48 Å². The summed E-state index contributed by atoms with van der Waals surface area (Å²) in [7, 11) is -3.86. The van der Waals surface area contributed by atoms with Crippen LogP contribution in [0.5, 0.6) is 0 Å². The monoisotopic (exact) mass is 303 g/mol.